The molecule has 1 heterocycles. The Balaban J connectivity index is 2.73. The highest BCUT2D eigenvalue weighted by molar-refractivity contribution is 6.28. The molecule has 0 radical (unpaired) electrons. The number of ether oxygens (including phenoxy) is 1. The van der Waals surface area contributed by atoms with Crippen LogP contribution in [0.15, 0.2) is 0 Å². The zero-order valence-corrected chi connectivity index (χ0v) is 12.2. The second kappa shape index (κ2) is 6.70. The third kappa shape index (κ3) is 5.46. The first-order chi connectivity index (χ1) is 8.36. The highest BCUT2D eigenvalue weighted by Crippen LogP contribution is 2.13. The van der Waals surface area contributed by atoms with E-state index < -0.39 is 0 Å². The van der Waals surface area contributed by atoms with Crippen LogP contribution in [0, 0.1) is 0 Å². The summed E-state index contributed by atoms with van der Waals surface area (Å²) in [5.41, 5.74) is 0. The van der Waals surface area contributed by atoms with Crippen molar-refractivity contribution in [1.82, 2.24) is 19.9 Å². The summed E-state index contributed by atoms with van der Waals surface area (Å²) in [6, 6.07) is 0.440. The van der Waals surface area contributed by atoms with E-state index in [9.17, 15) is 0 Å². The summed E-state index contributed by atoms with van der Waals surface area (Å²) in [7, 11) is 4.01. The first-order valence-corrected chi connectivity index (χ1v) is 6.24. The van der Waals surface area contributed by atoms with Crippen molar-refractivity contribution in [2.24, 2.45) is 0 Å². The van der Waals surface area contributed by atoms with E-state index in [-0.39, 0.29) is 23.4 Å². The average molecular weight is 274 g/mol. The van der Waals surface area contributed by atoms with Gasteiger partial charge in [0, 0.05) is 12.6 Å². The molecule has 1 aromatic rings. The molecule has 1 N–H and O–H groups in total. The molecule has 102 valence electrons. The Kier molecular flexibility index (Phi) is 5.55. The minimum absolute atomic E-state index is 0.00415. The van der Waals surface area contributed by atoms with Crippen LogP contribution in [-0.4, -0.2) is 52.6 Å². The maximum absolute atomic E-state index is 5.83. The van der Waals surface area contributed by atoms with Gasteiger partial charge in [-0.05, 0) is 46.5 Å². The van der Waals surface area contributed by atoms with Gasteiger partial charge in [-0.25, -0.2) is 0 Å². The van der Waals surface area contributed by atoms with Crippen LogP contribution in [0.5, 0.6) is 6.01 Å². The van der Waals surface area contributed by atoms with Gasteiger partial charge in [-0.1, -0.05) is 0 Å². The molecular weight excluding hydrogens is 254 g/mol. The molecule has 0 aromatic carbocycles. The molecule has 1 unspecified atom stereocenters. The van der Waals surface area contributed by atoms with E-state index in [2.05, 4.69) is 25.2 Å². The Hall–Kier alpha value is -1.14. The lowest BCUT2D eigenvalue weighted by atomic mass is 10.3. The second-order valence-electron chi connectivity index (χ2n) is 4.68. The van der Waals surface area contributed by atoms with Gasteiger partial charge in [0.15, 0.2) is 0 Å². The molecule has 0 fully saturated rings. The summed E-state index contributed by atoms with van der Waals surface area (Å²) in [4.78, 5) is 14.2. The van der Waals surface area contributed by atoms with Crippen LogP contribution in [-0.2, 0) is 0 Å². The van der Waals surface area contributed by atoms with Crippen LogP contribution in [0.2, 0.25) is 5.28 Å². The summed E-state index contributed by atoms with van der Waals surface area (Å²) < 4.78 is 5.40. The van der Waals surface area contributed by atoms with E-state index in [4.69, 9.17) is 16.3 Å². The topological polar surface area (TPSA) is 63.2 Å². The maximum atomic E-state index is 5.83. The van der Waals surface area contributed by atoms with Crippen molar-refractivity contribution in [3.63, 3.8) is 0 Å². The molecule has 0 saturated carbocycles. The lowest BCUT2D eigenvalue weighted by Gasteiger charge is -2.18. The summed E-state index contributed by atoms with van der Waals surface area (Å²) >= 11 is 5.83. The van der Waals surface area contributed by atoms with Gasteiger partial charge in [-0.2, -0.15) is 15.0 Å². The number of halogens is 1. The predicted molar refractivity (Wildman–Crippen MR) is 72.2 cm³/mol. The smallest absolute Gasteiger partial charge is 0.322 e. The first kappa shape index (κ1) is 14.9. The van der Waals surface area contributed by atoms with E-state index in [0.29, 0.717) is 5.95 Å². The molecular formula is C11H20ClN5O. The number of nitrogens with one attached hydrogen (secondary N) is 1. The van der Waals surface area contributed by atoms with Gasteiger partial charge in [0.25, 0.3) is 0 Å². The summed E-state index contributed by atoms with van der Waals surface area (Å²) in [6.07, 6.45) is -0.00415. The lowest BCUT2D eigenvalue weighted by Crippen LogP contribution is -2.30. The molecule has 0 amide bonds. The van der Waals surface area contributed by atoms with Gasteiger partial charge in [-0.3, -0.25) is 0 Å². The van der Waals surface area contributed by atoms with E-state index in [0.717, 1.165) is 6.54 Å². The Labute approximate surface area is 113 Å². The minimum Gasteiger partial charge on any atom is -0.461 e. The normalized spacial score (nSPS) is 12.9. The van der Waals surface area contributed by atoms with Crippen LogP contribution in [0.1, 0.15) is 20.8 Å². The van der Waals surface area contributed by atoms with E-state index in [1.807, 2.05) is 34.9 Å². The van der Waals surface area contributed by atoms with Crippen molar-refractivity contribution in [3.05, 3.63) is 5.28 Å². The SMILES string of the molecule is CC(CN(C)C)Nc1nc(Cl)nc(OC(C)C)n1. The fraction of sp³-hybridized carbons (Fsp3) is 0.727. The van der Waals surface area contributed by atoms with Crippen molar-refractivity contribution >= 4 is 17.5 Å². The number of hydrogen-bond acceptors (Lipinski definition) is 6. The third-order valence-electron chi connectivity index (χ3n) is 1.94. The van der Waals surface area contributed by atoms with Crippen molar-refractivity contribution in [1.29, 1.82) is 0 Å². The minimum atomic E-state index is -0.00415. The number of nitrogens with zero attached hydrogens (tertiary/aromatic N) is 4. The molecule has 0 saturated heterocycles. The molecule has 0 spiro atoms. The van der Waals surface area contributed by atoms with Gasteiger partial charge in [0.2, 0.25) is 11.2 Å². The Bertz CT molecular complexity index is 386. The van der Waals surface area contributed by atoms with Gasteiger partial charge in [-0.15, -0.1) is 0 Å². The van der Waals surface area contributed by atoms with Gasteiger partial charge >= 0.3 is 6.01 Å². The highest BCUT2D eigenvalue weighted by Gasteiger charge is 2.10. The second-order valence-corrected chi connectivity index (χ2v) is 5.02. The maximum Gasteiger partial charge on any atom is 0.322 e. The quantitative estimate of drug-likeness (QED) is 0.851. The van der Waals surface area contributed by atoms with Crippen molar-refractivity contribution in [3.8, 4) is 6.01 Å². The molecule has 7 heteroatoms. The first-order valence-electron chi connectivity index (χ1n) is 5.86. The fourth-order valence-corrected chi connectivity index (χ4v) is 1.63. The summed E-state index contributed by atoms with van der Waals surface area (Å²) in [5.74, 6) is 0.431. The molecule has 0 bridgehead atoms. The van der Waals surface area contributed by atoms with Crippen LogP contribution in [0.25, 0.3) is 0 Å². The molecule has 18 heavy (non-hydrogen) atoms. The van der Waals surface area contributed by atoms with Crippen LogP contribution in [0.3, 0.4) is 0 Å². The Morgan fingerprint density at radius 1 is 1.22 bits per heavy atom. The molecule has 0 aliphatic rings. The van der Waals surface area contributed by atoms with Gasteiger partial charge < -0.3 is 15.0 Å². The summed E-state index contributed by atoms with van der Waals surface area (Å²) in [6.45, 7) is 6.71. The van der Waals surface area contributed by atoms with Gasteiger partial charge in [0.05, 0.1) is 6.10 Å². The van der Waals surface area contributed by atoms with E-state index >= 15 is 0 Å². The highest BCUT2D eigenvalue weighted by atomic mass is 35.5. The van der Waals surface area contributed by atoms with E-state index in [1.54, 1.807) is 0 Å². The molecule has 1 rings (SSSR count). The molecule has 1 atom stereocenters. The molecule has 1 aromatic heterocycles. The molecule has 0 aliphatic carbocycles. The van der Waals surface area contributed by atoms with Crippen LogP contribution in [0.4, 0.5) is 5.95 Å². The number of anilines is 1. The Morgan fingerprint density at radius 3 is 2.44 bits per heavy atom. The third-order valence-corrected chi connectivity index (χ3v) is 2.11. The monoisotopic (exact) mass is 273 g/mol. The Morgan fingerprint density at radius 2 is 1.89 bits per heavy atom. The van der Waals surface area contributed by atoms with Crippen LogP contribution >= 0.6 is 11.6 Å². The average Bonchev–Trinajstić information content (AvgIpc) is 2.12. The number of aromatic nitrogens is 3. The lowest BCUT2D eigenvalue weighted by molar-refractivity contribution is 0.222. The zero-order valence-electron chi connectivity index (χ0n) is 11.4. The van der Waals surface area contributed by atoms with Crippen molar-refractivity contribution in [2.75, 3.05) is 26.0 Å². The predicted octanol–water partition coefficient (Wildman–Crippen LogP) is 1.67. The number of rotatable bonds is 6. The van der Waals surface area contributed by atoms with Crippen molar-refractivity contribution < 1.29 is 4.74 Å². The standard InChI is InChI=1S/C11H20ClN5O/c1-7(2)18-11-15-9(12)14-10(16-11)13-8(3)6-17(4)5/h7-8H,6H2,1-5H3,(H,13,14,15,16). The van der Waals surface area contributed by atoms with Crippen LogP contribution < -0.4 is 10.1 Å². The zero-order chi connectivity index (χ0) is 13.7. The van der Waals surface area contributed by atoms with Gasteiger partial charge in [0.1, 0.15) is 0 Å². The largest absolute Gasteiger partial charge is 0.461 e. The molecule has 6 nitrogen and oxygen atoms in total. The number of likely N-dealkylation sites (N-methyl/N-ethyl adjacent to an activating group) is 1. The molecule has 0 aliphatic heterocycles. The number of hydrogen-bond donors (Lipinski definition) is 1. The fourth-order valence-electron chi connectivity index (χ4n) is 1.47. The van der Waals surface area contributed by atoms with E-state index in [1.165, 1.54) is 0 Å². The van der Waals surface area contributed by atoms with Crippen molar-refractivity contribution in [2.45, 2.75) is 32.9 Å². The summed E-state index contributed by atoms with van der Waals surface area (Å²) in [5, 5.41) is 3.28.